The molecule has 0 aromatic carbocycles. The van der Waals surface area contributed by atoms with Gasteiger partial charge in [0.05, 0.1) is 0 Å². The Morgan fingerprint density at radius 3 is 2.13 bits per heavy atom. The van der Waals surface area contributed by atoms with E-state index in [1.54, 1.807) is 6.08 Å². The fourth-order valence-electron chi connectivity index (χ4n) is 1.38. The van der Waals surface area contributed by atoms with E-state index in [1.807, 2.05) is 5.32 Å². The van der Waals surface area contributed by atoms with Gasteiger partial charge in [0.2, 0.25) is 12.1 Å². The number of aliphatic imine (C=N–C) groups is 1. The maximum Gasteiger partial charge on any atom is 0.267 e. The first-order chi connectivity index (χ1) is 9.43. The summed E-state index contributed by atoms with van der Waals surface area (Å²) in [5.41, 5.74) is 15.2. The van der Waals surface area contributed by atoms with Gasteiger partial charge in [-0.15, -0.1) is 37.2 Å². The number of primary amides is 1. The molecule has 0 aliphatic rings. The van der Waals surface area contributed by atoms with Crippen LogP contribution in [0.3, 0.4) is 0 Å². The molecule has 1 atom stereocenters. The standard InChI is InChI=1S/C12H23N5O3.3ClH/c13-10(19)11(20)17-9(18)7-5-3-1-2-4-6-8-16-12(14)15;;;/h5,7,11,20H,1-4,6,8H2,(H2,13,19)(H,17,18)(H4,14,15,16);3*1H. The number of amides is 2. The summed E-state index contributed by atoms with van der Waals surface area (Å²) < 4.78 is 0. The number of unbranched alkanes of at least 4 members (excludes halogenated alkanes) is 4. The zero-order chi connectivity index (χ0) is 15.4. The van der Waals surface area contributed by atoms with Crippen molar-refractivity contribution >= 4 is 55.0 Å². The van der Waals surface area contributed by atoms with Crippen molar-refractivity contribution < 1.29 is 14.7 Å². The predicted octanol–water partition coefficient (Wildman–Crippen LogP) is -0.0482. The normalized spacial score (nSPS) is 10.5. The van der Waals surface area contributed by atoms with Crippen LogP contribution in [0, 0.1) is 0 Å². The molecule has 2 amide bonds. The van der Waals surface area contributed by atoms with Gasteiger partial charge >= 0.3 is 0 Å². The van der Waals surface area contributed by atoms with Crippen molar-refractivity contribution in [3.8, 4) is 0 Å². The highest BCUT2D eigenvalue weighted by Crippen LogP contribution is 2.03. The number of rotatable bonds is 10. The lowest BCUT2D eigenvalue weighted by atomic mass is 10.1. The second kappa shape index (κ2) is 18.8. The van der Waals surface area contributed by atoms with Crippen molar-refractivity contribution in [2.75, 3.05) is 6.54 Å². The molecule has 1 unspecified atom stereocenters. The minimum atomic E-state index is -1.65. The van der Waals surface area contributed by atoms with E-state index < -0.39 is 18.0 Å². The number of halogens is 3. The number of allylic oxidation sites excluding steroid dienone is 1. The summed E-state index contributed by atoms with van der Waals surface area (Å²) in [5.74, 6) is -1.44. The molecule has 0 aromatic rings. The molecule has 0 radical (unpaired) electrons. The van der Waals surface area contributed by atoms with E-state index >= 15 is 0 Å². The summed E-state index contributed by atoms with van der Waals surface area (Å²) in [6.07, 6.45) is 5.92. The topological polar surface area (TPSA) is 157 Å². The second-order valence-corrected chi connectivity index (χ2v) is 4.23. The minimum Gasteiger partial charge on any atom is -0.370 e. The van der Waals surface area contributed by atoms with Gasteiger partial charge in [0.25, 0.3) is 5.91 Å². The Hall–Kier alpha value is -1.22. The molecule has 0 aliphatic carbocycles. The number of carbonyl (C=O) groups excluding carboxylic acids is 2. The van der Waals surface area contributed by atoms with E-state index in [2.05, 4.69) is 4.99 Å². The average molecular weight is 395 g/mol. The number of nitrogens with one attached hydrogen (secondary N) is 1. The van der Waals surface area contributed by atoms with Gasteiger partial charge in [0.15, 0.2) is 5.96 Å². The Bertz CT molecular complexity index is 377. The molecule has 0 fully saturated rings. The van der Waals surface area contributed by atoms with Gasteiger partial charge in [-0.25, -0.2) is 0 Å². The first-order valence-electron chi connectivity index (χ1n) is 6.43. The molecule has 0 aromatic heterocycles. The van der Waals surface area contributed by atoms with Crippen molar-refractivity contribution in [3.63, 3.8) is 0 Å². The molecule has 138 valence electrons. The molecule has 23 heavy (non-hydrogen) atoms. The maximum absolute atomic E-state index is 11.2. The van der Waals surface area contributed by atoms with Gasteiger partial charge in [-0.1, -0.05) is 18.9 Å². The predicted molar refractivity (Wildman–Crippen MR) is 98.0 cm³/mol. The first-order valence-corrected chi connectivity index (χ1v) is 6.43. The molecule has 0 saturated heterocycles. The number of guanidine groups is 1. The Balaban J connectivity index is -0.000000602. The summed E-state index contributed by atoms with van der Waals surface area (Å²) in [7, 11) is 0. The molecule has 0 aliphatic heterocycles. The summed E-state index contributed by atoms with van der Waals surface area (Å²) in [5, 5.41) is 11.0. The Labute approximate surface area is 154 Å². The third-order valence-corrected chi connectivity index (χ3v) is 2.39. The Kier molecular flexibility index (Phi) is 24.4. The van der Waals surface area contributed by atoms with Crippen molar-refractivity contribution in [2.24, 2.45) is 22.2 Å². The summed E-state index contributed by atoms with van der Waals surface area (Å²) >= 11 is 0. The van der Waals surface area contributed by atoms with E-state index in [-0.39, 0.29) is 43.2 Å². The van der Waals surface area contributed by atoms with Gasteiger partial charge < -0.3 is 27.6 Å². The molecular formula is C12H26Cl3N5O3. The van der Waals surface area contributed by atoms with Crippen LogP contribution in [0.1, 0.15) is 32.1 Å². The van der Waals surface area contributed by atoms with Crippen LogP contribution in [-0.4, -0.2) is 35.7 Å². The van der Waals surface area contributed by atoms with Crippen LogP contribution in [0.15, 0.2) is 17.1 Å². The minimum absolute atomic E-state index is 0. The van der Waals surface area contributed by atoms with Gasteiger partial charge in [-0.2, -0.15) is 0 Å². The van der Waals surface area contributed by atoms with E-state index in [0.717, 1.165) is 32.1 Å². The smallest absolute Gasteiger partial charge is 0.267 e. The van der Waals surface area contributed by atoms with Crippen LogP contribution >= 0.6 is 37.2 Å². The van der Waals surface area contributed by atoms with Crippen LogP contribution in [0.25, 0.3) is 0 Å². The molecule has 11 heteroatoms. The number of aliphatic hydroxyl groups excluding tert-OH is 1. The number of hydrogen-bond acceptors (Lipinski definition) is 4. The molecule has 0 rings (SSSR count). The van der Waals surface area contributed by atoms with Crippen LogP contribution in [0.2, 0.25) is 0 Å². The van der Waals surface area contributed by atoms with E-state index in [9.17, 15) is 9.59 Å². The fraction of sp³-hybridized carbons (Fsp3) is 0.583. The number of hydrogen-bond donors (Lipinski definition) is 5. The largest absolute Gasteiger partial charge is 0.370 e. The van der Waals surface area contributed by atoms with E-state index in [4.69, 9.17) is 22.3 Å². The van der Waals surface area contributed by atoms with E-state index in [0.29, 0.717) is 6.54 Å². The molecule has 8 N–H and O–H groups in total. The quantitative estimate of drug-likeness (QED) is 0.115. The lowest BCUT2D eigenvalue weighted by Crippen LogP contribution is -2.43. The summed E-state index contributed by atoms with van der Waals surface area (Å²) in [6.45, 7) is 0.631. The number of nitrogens with two attached hydrogens (primary N) is 3. The summed E-state index contributed by atoms with van der Waals surface area (Å²) in [4.78, 5) is 25.5. The van der Waals surface area contributed by atoms with Crippen LogP contribution in [0.5, 0.6) is 0 Å². The van der Waals surface area contributed by atoms with Gasteiger partial charge in [0, 0.05) is 6.54 Å². The third kappa shape index (κ3) is 20.8. The van der Waals surface area contributed by atoms with Crippen molar-refractivity contribution in [3.05, 3.63) is 12.2 Å². The zero-order valence-corrected chi connectivity index (χ0v) is 15.1. The lowest BCUT2D eigenvalue weighted by Gasteiger charge is -2.05. The average Bonchev–Trinajstić information content (AvgIpc) is 2.36. The van der Waals surface area contributed by atoms with Gasteiger partial charge in [-0.05, 0) is 25.3 Å². The monoisotopic (exact) mass is 393 g/mol. The fourth-order valence-corrected chi connectivity index (χ4v) is 1.38. The highest BCUT2D eigenvalue weighted by atomic mass is 35.5. The highest BCUT2D eigenvalue weighted by molar-refractivity contribution is 5.91. The Morgan fingerprint density at radius 2 is 1.61 bits per heavy atom. The van der Waals surface area contributed by atoms with Gasteiger partial charge in [0.1, 0.15) is 0 Å². The lowest BCUT2D eigenvalue weighted by molar-refractivity contribution is -0.132. The molecule has 0 saturated carbocycles. The zero-order valence-electron chi connectivity index (χ0n) is 12.6. The van der Waals surface area contributed by atoms with E-state index in [1.165, 1.54) is 6.08 Å². The molecule has 0 bridgehead atoms. The Morgan fingerprint density at radius 1 is 1.04 bits per heavy atom. The number of aliphatic hydroxyl groups is 1. The third-order valence-electron chi connectivity index (χ3n) is 2.39. The SMILES string of the molecule is Cl.Cl.Cl.NC(=O)C(O)NC(=O)C=CCCCCCCN=C(N)N. The molecular weight excluding hydrogens is 369 g/mol. The summed E-state index contributed by atoms with van der Waals surface area (Å²) in [6, 6.07) is 0. The number of carbonyl (C=O) groups is 2. The maximum atomic E-state index is 11.2. The molecule has 0 heterocycles. The number of nitrogens with zero attached hydrogens (tertiary/aromatic N) is 1. The van der Waals surface area contributed by atoms with Crippen molar-refractivity contribution in [1.29, 1.82) is 0 Å². The van der Waals surface area contributed by atoms with Crippen molar-refractivity contribution in [2.45, 2.75) is 38.3 Å². The van der Waals surface area contributed by atoms with Crippen LogP contribution in [-0.2, 0) is 9.59 Å². The van der Waals surface area contributed by atoms with Crippen LogP contribution < -0.4 is 22.5 Å². The van der Waals surface area contributed by atoms with Crippen molar-refractivity contribution in [1.82, 2.24) is 5.32 Å². The molecule has 0 spiro atoms. The van der Waals surface area contributed by atoms with Gasteiger partial charge in [-0.3, -0.25) is 14.6 Å². The first kappa shape index (κ1) is 29.7. The van der Waals surface area contributed by atoms with Crippen LogP contribution in [0.4, 0.5) is 0 Å². The molecule has 8 nitrogen and oxygen atoms in total. The highest BCUT2D eigenvalue weighted by Gasteiger charge is 2.11. The second-order valence-electron chi connectivity index (χ2n) is 4.23.